The van der Waals surface area contributed by atoms with Crippen molar-refractivity contribution in [3.63, 3.8) is 0 Å². The molecule has 0 radical (unpaired) electrons. The first-order valence-electron chi connectivity index (χ1n) is 5.46. The van der Waals surface area contributed by atoms with E-state index in [4.69, 9.17) is 10.00 Å². The zero-order valence-corrected chi connectivity index (χ0v) is 8.78. The number of hydrogen-bond acceptors (Lipinski definition) is 2. The molecule has 1 aromatic carbocycles. The van der Waals surface area contributed by atoms with Gasteiger partial charge in [-0.15, -0.1) is 0 Å². The molecule has 0 aromatic heterocycles. The van der Waals surface area contributed by atoms with E-state index in [2.05, 4.69) is 6.07 Å². The summed E-state index contributed by atoms with van der Waals surface area (Å²) in [5.41, 5.74) is 1.72. The summed E-state index contributed by atoms with van der Waals surface area (Å²) in [6.07, 6.45) is 3.92. The normalized spacial score (nSPS) is 14.9. The number of nitriles is 1. The lowest BCUT2D eigenvalue weighted by Crippen LogP contribution is -1.98. The predicted octanol–water partition coefficient (Wildman–Crippen LogP) is 2.87. The fourth-order valence-electron chi connectivity index (χ4n) is 1.59. The third-order valence-corrected chi connectivity index (χ3v) is 2.76. The number of rotatable bonds is 5. The summed E-state index contributed by atoms with van der Waals surface area (Å²) >= 11 is 0. The maximum Gasteiger partial charge on any atom is 0.0995 e. The van der Waals surface area contributed by atoms with E-state index in [1.54, 1.807) is 0 Å². The first kappa shape index (κ1) is 10.2. The quantitative estimate of drug-likeness (QED) is 0.686. The highest BCUT2D eigenvalue weighted by molar-refractivity contribution is 5.36. The molecule has 1 aliphatic rings. The van der Waals surface area contributed by atoms with Crippen LogP contribution >= 0.6 is 0 Å². The summed E-state index contributed by atoms with van der Waals surface area (Å²) in [6.45, 7) is 1.39. The van der Waals surface area contributed by atoms with Crippen molar-refractivity contribution in [3.8, 4) is 6.07 Å². The second-order valence-corrected chi connectivity index (χ2v) is 4.05. The Morgan fingerprint density at radius 3 is 2.87 bits per heavy atom. The molecule has 0 amide bonds. The van der Waals surface area contributed by atoms with Gasteiger partial charge in [0.1, 0.15) is 0 Å². The average Bonchev–Trinajstić information content (AvgIpc) is 3.09. The van der Waals surface area contributed by atoms with Crippen molar-refractivity contribution < 1.29 is 4.74 Å². The van der Waals surface area contributed by atoms with E-state index in [0.29, 0.717) is 6.61 Å². The molecule has 1 aliphatic carbocycles. The van der Waals surface area contributed by atoms with E-state index in [1.165, 1.54) is 19.3 Å². The van der Waals surface area contributed by atoms with Gasteiger partial charge < -0.3 is 4.74 Å². The minimum absolute atomic E-state index is 0.566. The Kier molecular flexibility index (Phi) is 3.37. The van der Waals surface area contributed by atoms with Crippen molar-refractivity contribution in [2.45, 2.75) is 25.9 Å². The summed E-state index contributed by atoms with van der Waals surface area (Å²) < 4.78 is 5.56. The molecular formula is C13H15NO. The van der Waals surface area contributed by atoms with Crippen LogP contribution in [0.5, 0.6) is 0 Å². The summed E-state index contributed by atoms with van der Waals surface area (Å²) in [6, 6.07) is 9.79. The first-order chi connectivity index (χ1) is 7.40. The number of nitrogens with zero attached hydrogens (tertiary/aromatic N) is 1. The highest BCUT2D eigenvalue weighted by atomic mass is 16.5. The van der Waals surface area contributed by atoms with Gasteiger partial charge in [-0.2, -0.15) is 5.26 Å². The van der Waals surface area contributed by atoms with Crippen LogP contribution in [0, 0.1) is 17.2 Å². The van der Waals surface area contributed by atoms with Crippen molar-refractivity contribution in [2.24, 2.45) is 5.92 Å². The smallest absolute Gasteiger partial charge is 0.0995 e. The highest BCUT2D eigenvalue weighted by Crippen LogP contribution is 2.32. The fraction of sp³-hybridized carbons (Fsp3) is 0.462. The Bertz CT molecular complexity index is 363. The molecule has 0 spiro atoms. The maximum absolute atomic E-state index is 8.87. The van der Waals surface area contributed by atoms with Gasteiger partial charge in [0.25, 0.3) is 0 Å². The molecule has 1 saturated carbocycles. The maximum atomic E-state index is 8.87. The van der Waals surface area contributed by atoms with Gasteiger partial charge in [0, 0.05) is 6.61 Å². The Labute approximate surface area is 90.5 Å². The van der Waals surface area contributed by atoms with E-state index < -0.39 is 0 Å². The number of hydrogen-bond donors (Lipinski definition) is 0. The van der Waals surface area contributed by atoms with Crippen LogP contribution < -0.4 is 0 Å². The molecule has 0 unspecified atom stereocenters. The van der Waals surface area contributed by atoms with Crippen molar-refractivity contribution in [1.29, 1.82) is 5.26 Å². The average molecular weight is 201 g/mol. The van der Waals surface area contributed by atoms with Crippen molar-refractivity contribution in [2.75, 3.05) is 6.61 Å². The lowest BCUT2D eigenvalue weighted by Gasteiger charge is -2.05. The SMILES string of the molecule is N#Cc1ccccc1COCCC1CC1. The summed E-state index contributed by atoms with van der Waals surface area (Å²) in [4.78, 5) is 0. The van der Waals surface area contributed by atoms with Gasteiger partial charge in [-0.3, -0.25) is 0 Å². The van der Waals surface area contributed by atoms with Crippen molar-refractivity contribution >= 4 is 0 Å². The standard InChI is InChI=1S/C13H15NO/c14-9-12-3-1-2-4-13(12)10-15-8-7-11-5-6-11/h1-4,11H,5-8,10H2. The van der Waals surface area contributed by atoms with E-state index in [0.717, 1.165) is 23.7 Å². The van der Waals surface area contributed by atoms with E-state index in [1.807, 2.05) is 24.3 Å². The zero-order valence-electron chi connectivity index (χ0n) is 8.78. The van der Waals surface area contributed by atoms with Crippen LogP contribution in [0.3, 0.4) is 0 Å². The third-order valence-electron chi connectivity index (χ3n) is 2.76. The molecule has 2 rings (SSSR count). The van der Waals surface area contributed by atoms with Crippen LogP contribution in [0.25, 0.3) is 0 Å². The van der Waals surface area contributed by atoms with Gasteiger partial charge in [-0.1, -0.05) is 31.0 Å². The van der Waals surface area contributed by atoms with Crippen LogP contribution in [0.15, 0.2) is 24.3 Å². The van der Waals surface area contributed by atoms with Crippen LogP contribution in [-0.2, 0) is 11.3 Å². The fourth-order valence-corrected chi connectivity index (χ4v) is 1.59. The molecular weight excluding hydrogens is 186 g/mol. The summed E-state index contributed by atoms with van der Waals surface area (Å²) in [5.74, 6) is 0.913. The summed E-state index contributed by atoms with van der Waals surface area (Å²) in [5, 5.41) is 8.87. The molecule has 0 aliphatic heterocycles. The largest absolute Gasteiger partial charge is 0.377 e. The van der Waals surface area contributed by atoms with E-state index in [-0.39, 0.29) is 0 Å². The zero-order chi connectivity index (χ0) is 10.5. The Balaban J connectivity index is 1.79. The van der Waals surface area contributed by atoms with Crippen molar-refractivity contribution in [1.82, 2.24) is 0 Å². The third kappa shape index (κ3) is 3.07. The topological polar surface area (TPSA) is 33.0 Å². The molecule has 78 valence electrons. The second kappa shape index (κ2) is 4.95. The van der Waals surface area contributed by atoms with Gasteiger partial charge in [0.05, 0.1) is 18.2 Å². The van der Waals surface area contributed by atoms with E-state index in [9.17, 15) is 0 Å². The van der Waals surface area contributed by atoms with Crippen LogP contribution in [0.2, 0.25) is 0 Å². The minimum atomic E-state index is 0.566. The molecule has 0 heterocycles. The molecule has 0 saturated heterocycles. The molecule has 0 bridgehead atoms. The Morgan fingerprint density at radius 1 is 1.33 bits per heavy atom. The number of benzene rings is 1. The Hall–Kier alpha value is -1.33. The van der Waals surface area contributed by atoms with Gasteiger partial charge in [0.15, 0.2) is 0 Å². The molecule has 2 heteroatoms. The van der Waals surface area contributed by atoms with Crippen LogP contribution in [0.1, 0.15) is 30.4 Å². The Morgan fingerprint density at radius 2 is 2.13 bits per heavy atom. The minimum Gasteiger partial charge on any atom is -0.377 e. The van der Waals surface area contributed by atoms with Crippen LogP contribution in [0.4, 0.5) is 0 Å². The molecule has 0 N–H and O–H groups in total. The monoisotopic (exact) mass is 201 g/mol. The van der Waals surface area contributed by atoms with Gasteiger partial charge in [-0.05, 0) is 24.0 Å². The van der Waals surface area contributed by atoms with Crippen LogP contribution in [-0.4, -0.2) is 6.61 Å². The lowest BCUT2D eigenvalue weighted by atomic mass is 10.1. The predicted molar refractivity (Wildman–Crippen MR) is 58.2 cm³/mol. The van der Waals surface area contributed by atoms with Gasteiger partial charge in [0.2, 0.25) is 0 Å². The molecule has 15 heavy (non-hydrogen) atoms. The number of ether oxygens (including phenoxy) is 1. The second-order valence-electron chi connectivity index (χ2n) is 4.05. The van der Waals surface area contributed by atoms with E-state index >= 15 is 0 Å². The molecule has 1 aromatic rings. The van der Waals surface area contributed by atoms with Gasteiger partial charge >= 0.3 is 0 Å². The molecule has 1 fully saturated rings. The first-order valence-corrected chi connectivity index (χ1v) is 5.46. The lowest BCUT2D eigenvalue weighted by molar-refractivity contribution is 0.115. The molecule has 2 nitrogen and oxygen atoms in total. The summed E-state index contributed by atoms with van der Waals surface area (Å²) in [7, 11) is 0. The molecule has 0 atom stereocenters. The highest BCUT2D eigenvalue weighted by Gasteiger charge is 2.20. The van der Waals surface area contributed by atoms with Crippen molar-refractivity contribution in [3.05, 3.63) is 35.4 Å². The van der Waals surface area contributed by atoms with Gasteiger partial charge in [-0.25, -0.2) is 0 Å².